The van der Waals surface area contributed by atoms with E-state index in [9.17, 15) is 22.8 Å². The van der Waals surface area contributed by atoms with Gasteiger partial charge in [-0.2, -0.15) is 13.2 Å². The molecule has 39 heavy (non-hydrogen) atoms. The van der Waals surface area contributed by atoms with E-state index in [1.54, 1.807) is 47.3 Å². The lowest BCUT2D eigenvalue weighted by molar-refractivity contribution is -0.131. The standard InChI is InChI=1S/C30H28F3N3O3/c1-18-13-21(9-10-22(18)26(37)14-19-7-8-19)36-17-35-28-24(34-12-11-30(31,32)33)15-20(16-25(28)36)29(38)23-5-3-4-6-27(23)39-2/h3-6,9-10,13,15-17,19,34H,7-8,11-12,14H2,1-2H3. The number of para-hydroxylation sites is 1. The zero-order valence-corrected chi connectivity index (χ0v) is 21.6. The van der Waals surface area contributed by atoms with Gasteiger partial charge in [0.1, 0.15) is 17.6 Å². The van der Waals surface area contributed by atoms with Gasteiger partial charge in [0.05, 0.1) is 30.3 Å². The van der Waals surface area contributed by atoms with Gasteiger partial charge in [-0.1, -0.05) is 12.1 Å². The minimum absolute atomic E-state index is 0.123. The molecule has 4 aromatic rings. The van der Waals surface area contributed by atoms with Gasteiger partial charge >= 0.3 is 6.18 Å². The molecule has 0 saturated heterocycles. The van der Waals surface area contributed by atoms with Gasteiger partial charge in [-0.05, 0) is 73.7 Å². The van der Waals surface area contributed by atoms with E-state index < -0.39 is 12.6 Å². The van der Waals surface area contributed by atoms with Crippen LogP contribution in [0.1, 0.15) is 57.5 Å². The predicted molar refractivity (Wildman–Crippen MR) is 143 cm³/mol. The number of hydrogen-bond acceptors (Lipinski definition) is 5. The molecule has 1 saturated carbocycles. The Hall–Kier alpha value is -4.14. The Kier molecular flexibility index (Phi) is 7.16. The number of aromatic nitrogens is 2. The number of halogens is 3. The van der Waals surface area contributed by atoms with Gasteiger partial charge in [-0.3, -0.25) is 14.2 Å². The first kappa shape index (κ1) is 26.5. The maximum Gasteiger partial charge on any atom is 0.390 e. The molecule has 0 bridgehead atoms. The van der Waals surface area contributed by atoms with Crippen molar-refractivity contribution >= 4 is 28.3 Å². The number of fused-ring (bicyclic) bond motifs is 1. The topological polar surface area (TPSA) is 73.2 Å². The summed E-state index contributed by atoms with van der Waals surface area (Å²) in [4.78, 5) is 30.7. The summed E-state index contributed by atoms with van der Waals surface area (Å²) in [6, 6.07) is 15.5. The van der Waals surface area contributed by atoms with Crippen molar-refractivity contribution in [3.8, 4) is 11.4 Å². The summed E-state index contributed by atoms with van der Waals surface area (Å²) in [5, 5.41) is 2.82. The molecule has 0 spiro atoms. The number of nitrogens with one attached hydrogen (secondary N) is 1. The second-order valence-electron chi connectivity index (χ2n) is 9.90. The zero-order chi connectivity index (χ0) is 27.7. The van der Waals surface area contributed by atoms with Crippen molar-refractivity contribution in [2.24, 2.45) is 5.92 Å². The average Bonchev–Trinajstić information content (AvgIpc) is 3.61. The summed E-state index contributed by atoms with van der Waals surface area (Å²) in [5.74, 6) is 0.664. The smallest absolute Gasteiger partial charge is 0.390 e. The number of ether oxygens (including phenoxy) is 1. The molecule has 9 heteroatoms. The zero-order valence-electron chi connectivity index (χ0n) is 21.6. The maximum atomic E-state index is 13.5. The van der Waals surface area contributed by atoms with Crippen LogP contribution in [-0.4, -0.2) is 40.9 Å². The number of carbonyl (C=O) groups excluding carboxylic acids is 2. The molecule has 0 atom stereocenters. The van der Waals surface area contributed by atoms with Gasteiger partial charge in [-0.15, -0.1) is 0 Å². The normalized spacial score (nSPS) is 13.5. The fourth-order valence-corrected chi connectivity index (χ4v) is 4.72. The molecule has 1 N–H and O–H groups in total. The highest BCUT2D eigenvalue weighted by Gasteiger charge is 2.27. The van der Waals surface area contributed by atoms with Gasteiger partial charge in [0.2, 0.25) is 0 Å². The third-order valence-electron chi connectivity index (χ3n) is 6.95. The van der Waals surface area contributed by atoms with Crippen molar-refractivity contribution in [2.75, 3.05) is 19.0 Å². The molecule has 1 fully saturated rings. The predicted octanol–water partition coefficient (Wildman–Crippen LogP) is 6.92. The number of nitrogens with zero attached hydrogens (tertiary/aromatic N) is 2. The Balaban J connectivity index is 1.56. The van der Waals surface area contributed by atoms with E-state index >= 15 is 0 Å². The summed E-state index contributed by atoms with van der Waals surface area (Å²) in [5.41, 5.74) is 4.13. The van der Waals surface area contributed by atoms with Crippen LogP contribution in [0.15, 0.2) is 60.9 Å². The van der Waals surface area contributed by atoms with Crippen LogP contribution in [0.4, 0.5) is 18.9 Å². The molecule has 1 aliphatic carbocycles. The number of alkyl halides is 3. The molecule has 0 aliphatic heterocycles. The van der Waals surface area contributed by atoms with E-state index in [2.05, 4.69) is 10.3 Å². The lowest BCUT2D eigenvalue weighted by atomic mass is 9.99. The van der Waals surface area contributed by atoms with Crippen molar-refractivity contribution < 1.29 is 27.5 Å². The number of benzene rings is 3. The number of hydrogen-bond donors (Lipinski definition) is 1. The lowest BCUT2D eigenvalue weighted by Gasteiger charge is -2.14. The fourth-order valence-electron chi connectivity index (χ4n) is 4.72. The summed E-state index contributed by atoms with van der Waals surface area (Å²) in [6.45, 7) is 1.51. The first-order valence-electron chi connectivity index (χ1n) is 12.8. The molecule has 0 radical (unpaired) electrons. The molecule has 202 valence electrons. The summed E-state index contributed by atoms with van der Waals surface area (Å²) >= 11 is 0. The number of imidazole rings is 1. The quantitative estimate of drug-likeness (QED) is 0.223. The number of methoxy groups -OCH3 is 1. The lowest BCUT2D eigenvalue weighted by Crippen LogP contribution is -2.15. The highest BCUT2D eigenvalue weighted by Crippen LogP contribution is 2.35. The van der Waals surface area contributed by atoms with E-state index in [1.165, 1.54) is 13.2 Å². The first-order chi connectivity index (χ1) is 18.6. The monoisotopic (exact) mass is 535 g/mol. The Morgan fingerprint density at radius 3 is 2.54 bits per heavy atom. The van der Waals surface area contributed by atoms with E-state index in [4.69, 9.17) is 4.74 Å². The third-order valence-corrected chi connectivity index (χ3v) is 6.95. The summed E-state index contributed by atoms with van der Waals surface area (Å²) in [6.07, 6.45) is -1.05. The van der Waals surface area contributed by atoms with Crippen LogP contribution in [0.2, 0.25) is 0 Å². The minimum Gasteiger partial charge on any atom is -0.496 e. The highest BCUT2D eigenvalue weighted by molar-refractivity contribution is 6.13. The van der Waals surface area contributed by atoms with Crippen LogP contribution in [0, 0.1) is 12.8 Å². The number of anilines is 1. The van der Waals surface area contributed by atoms with Gasteiger partial charge < -0.3 is 10.1 Å². The maximum absolute atomic E-state index is 13.5. The van der Waals surface area contributed by atoms with Crippen molar-refractivity contribution in [3.05, 3.63) is 83.2 Å². The fraction of sp³-hybridized carbons (Fsp3) is 0.300. The van der Waals surface area contributed by atoms with E-state index in [-0.39, 0.29) is 23.7 Å². The molecule has 0 amide bonds. The number of rotatable bonds is 10. The number of Topliss-reactive ketones (excluding diaryl/α,β-unsaturated/α-hetero) is 1. The van der Waals surface area contributed by atoms with Gasteiger partial charge in [0, 0.05) is 29.8 Å². The van der Waals surface area contributed by atoms with E-state index in [0.29, 0.717) is 45.9 Å². The second kappa shape index (κ2) is 10.6. The number of ketones is 2. The second-order valence-corrected chi connectivity index (χ2v) is 9.90. The number of carbonyl (C=O) groups is 2. The van der Waals surface area contributed by atoms with Crippen molar-refractivity contribution in [3.63, 3.8) is 0 Å². The molecule has 6 nitrogen and oxygen atoms in total. The van der Waals surface area contributed by atoms with E-state index in [1.807, 2.05) is 19.1 Å². The summed E-state index contributed by atoms with van der Waals surface area (Å²) < 4.78 is 45.7. The Morgan fingerprint density at radius 1 is 1.08 bits per heavy atom. The number of aryl methyl sites for hydroxylation is 1. The molecule has 3 aromatic carbocycles. The Bertz CT molecular complexity index is 1550. The van der Waals surface area contributed by atoms with Crippen molar-refractivity contribution in [2.45, 2.75) is 38.8 Å². The van der Waals surface area contributed by atoms with Crippen LogP contribution in [0.25, 0.3) is 16.7 Å². The van der Waals surface area contributed by atoms with Crippen LogP contribution in [0.3, 0.4) is 0 Å². The van der Waals surface area contributed by atoms with Crippen LogP contribution >= 0.6 is 0 Å². The summed E-state index contributed by atoms with van der Waals surface area (Å²) in [7, 11) is 1.47. The van der Waals surface area contributed by atoms with Gasteiger partial charge in [0.25, 0.3) is 0 Å². The Morgan fingerprint density at radius 2 is 1.85 bits per heavy atom. The van der Waals surface area contributed by atoms with E-state index in [0.717, 1.165) is 24.1 Å². The molecule has 5 rings (SSSR count). The molecule has 0 unspecified atom stereocenters. The van der Waals surface area contributed by atoms with Gasteiger partial charge in [-0.25, -0.2) is 4.98 Å². The molecular weight excluding hydrogens is 507 g/mol. The van der Waals surface area contributed by atoms with Crippen LogP contribution in [-0.2, 0) is 0 Å². The molecule has 1 aromatic heterocycles. The SMILES string of the molecule is COc1ccccc1C(=O)c1cc(NCCC(F)(F)F)c2ncn(-c3ccc(C(=O)CC4CC4)c(C)c3)c2c1. The van der Waals surface area contributed by atoms with Crippen molar-refractivity contribution in [1.29, 1.82) is 0 Å². The van der Waals surface area contributed by atoms with Gasteiger partial charge in [0.15, 0.2) is 11.6 Å². The Labute approximate surface area is 223 Å². The minimum atomic E-state index is -4.33. The van der Waals surface area contributed by atoms with Crippen molar-refractivity contribution in [1.82, 2.24) is 9.55 Å². The largest absolute Gasteiger partial charge is 0.496 e. The molecular formula is C30H28F3N3O3. The third kappa shape index (κ3) is 5.82. The molecule has 1 heterocycles. The van der Waals surface area contributed by atoms with Crippen LogP contribution < -0.4 is 10.1 Å². The van der Waals surface area contributed by atoms with Crippen LogP contribution in [0.5, 0.6) is 5.75 Å². The highest BCUT2D eigenvalue weighted by atomic mass is 19.4. The first-order valence-corrected chi connectivity index (χ1v) is 12.8. The molecule has 1 aliphatic rings. The average molecular weight is 536 g/mol.